The van der Waals surface area contributed by atoms with Gasteiger partial charge in [0.05, 0.1) is 22.8 Å². The molecule has 0 aromatic carbocycles. The highest BCUT2D eigenvalue weighted by Gasteiger charge is 2.41. The van der Waals surface area contributed by atoms with Crippen LogP contribution in [0.15, 0.2) is 11.1 Å². The highest BCUT2D eigenvalue weighted by Crippen LogP contribution is 2.33. The van der Waals surface area contributed by atoms with E-state index in [1.165, 1.54) is 11.8 Å². The van der Waals surface area contributed by atoms with Crippen molar-refractivity contribution in [2.75, 3.05) is 17.3 Å². The first-order chi connectivity index (χ1) is 11.8. The number of carbonyl (C=O) groups excluding carboxylic acids is 1. The Labute approximate surface area is 152 Å². The van der Waals surface area contributed by atoms with Crippen LogP contribution in [-0.2, 0) is 14.6 Å². The molecule has 8 heteroatoms. The third-order valence-electron chi connectivity index (χ3n) is 4.59. The molecule has 3 rings (SSSR count). The zero-order chi connectivity index (χ0) is 18.2. The molecule has 1 aromatic heterocycles. The van der Waals surface area contributed by atoms with Crippen molar-refractivity contribution in [2.24, 2.45) is 0 Å². The molecule has 6 nitrogen and oxygen atoms in total. The summed E-state index contributed by atoms with van der Waals surface area (Å²) in [6.45, 7) is 3.72. The van der Waals surface area contributed by atoms with Crippen LogP contribution in [-0.4, -0.2) is 53.6 Å². The summed E-state index contributed by atoms with van der Waals surface area (Å²) >= 11 is 1.27. The van der Waals surface area contributed by atoms with E-state index in [4.69, 9.17) is 0 Å². The van der Waals surface area contributed by atoms with E-state index in [1.807, 2.05) is 19.9 Å². The first-order valence-electron chi connectivity index (χ1n) is 8.33. The van der Waals surface area contributed by atoms with E-state index in [1.54, 1.807) is 4.90 Å². The Hall–Kier alpha value is -1.59. The Morgan fingerprint density at radius 1 is 1.36 bits per heavy atom. The second-order valence-corrected chi connectivity index (χ2v) is 9.94. The summed E-state index contributed by atoms with van der Waals surface area (Å²) in [5.74, 6) is 0.362. The van der Waals surface area contributed by atoms with Crippen LogP contribution < -0.4 is 0 Å². The molecule has 1 aromatic rings. The van der Waals surface area contributed by atoms with E-state index < -0.39 is 9.84 Å². The maximum atomic E-state index is 12.8. The zero-order valence-corrected chi connectivity index (χ0v) is 16.0. The van der Waals surface area contributed by atoms with Gasteiger partial charge in [0.1, 0.15) is 11.1 Å². The second-order valence-electron chi connectivity index (χ2n) is 6.75. The minimum Gasteiger partial charge on any atom is -0.335 e. The second kappa shape index (κ2) is 6.96. The van der Waals surface area contributed by atoms with Crippen molar-refractivity contribution < 1.29 is 13.2 Å². The third-order valence-corrected chi connectivity index (χ3v) is 7.30. The fourth-order valence-electron chi connectivity index (χ4n) is 3.30. The highest BCUT2D eigenvalue weighted by molar-refractivity contribution is 8.00. The number of carbonyl (C=O) groups is 1. The summed E-state index contributed by atoms with van der Waals surface area (Å²) in [6, 6.07) is 3.98. The molecule has 2 aliphatic rings. The Kier molecular flexibility index (Phi) is 5.07. The van der Waals surface area contributed by atoms with Crippen LogP contribution >= 0.6 is 11.8 Å². The lowest BCUT2D eigenvalue weighted by molar-refractivity contribution is -0.130. The Morgan fingerprint density at radius 2 is 2.08 bits per heavy atom. The molecule has 0 radical (unpaired) electrons. The van der Waals surface area contributed by atoms with Gasteiger partial charge in [0, 0.05) is 17.8 Å². The molecule has 1 aliphatic carbocycles. The fourth-order valence-corrected chi connectivity index (χ4v) is 5.98. The molecular formula is C17H21N3O3S2. The molecule has 1 atom stereocenters. The van der Waals surface area contributed by atoms with Crippen molar-refractivity contribution in [3.8, 4) is 6.07 Å². The largest absolute Gasteiger partial charge is 0.335 e. The van der Waals surface area contributed by atoms with Gasteiger partial charge in [-0.3, -0.25) is 4.79 Å². The van der Waals surface area contributed by atoms with E-state index in [0.717, 1.165) is 24.1 Å². The van der Waals surface area contributed by atoms with Gasteiger partial charge in [-0.25, -0.2) is 13.4 Å². The van der Waals surface area contributed by atoms with Crippen LogP contribution in [0.25, 0.3) is 0 Å². The van der Waals surface area contributed by atoms with Crippen molar-refractivity contribution in [1.29, 1.82) is 5.26 Å². The minimum atomic E-state index is -3.02. The van der Waals surface area contributed by atoms with Gasteiger partial charge in [-0.1, -0.05) is 11.8 Å². The van der Waals surface area contributed by atoms with Crippen LogP contribution in [0, 0.1) is 25.2 Å². The average molecular weight is 380 g/mol. The molecule has 2 heterocycles. The number of aromatic nitrogens is 1. The van der Waals surface area contributed by atoms with Crippen LogP contribution in [0.2, 0.25) is 0 Å². The van der Waals surface area contributed by atoms with Crippen LogP contribution in [0.4, 0.5) is 0 Å². The molecule has 1 saturated carbocycles. The van der Waals surface area contributed by atoms with Gasteiger partial charge in [0.15, 0.2) is 9.84 Å². The number of hydrogen-bond donors (Lipinski definition) is 0. The van der Waals surface area contributed by atoms with Gasteiger partial charge < -0.3 is 4.90 Å². The quantitative estimate of drug-likeness (QED) is 0.725. The van der Waals surface area contributed by atoms with E-state index in [2.05, 4.69) is 11.1 Å². The van der Waals surface area contributed by atoms with Gasteiger partial charge in [0.2, 0.25) is 5.91 Å². The van der Waals surface area contributed by atoms with E-state index in [9.17, 15) is 18.5 Å². The van der Waals surface area contributed by atoms with E-state index >= 15 is 0 Å². The van der Waals surface area contributed by atoms with E-state index in [-0.39, 0.29) is 35.2 Å². The molecule has 1 saturated heterocycles. The normalized spacial score (nSPS) is 21.7. The molecule has 134 valence electrons. The predicted molar refractivity (Wildman–Crippen MR) is 96.1 cm³/mol. The first-order valence-corrected chi connectivity index (χ1v) is 11.1. The summed E-state index contributed by atoms with van der Waals surface area (Å²) < 4.78 is 23.5. The standard InChI is InChI=1S/C17H21N3O3S2/c1-11-7-12(2)19-17(15(11)8-18)24-9-16(21)20(13-3-4-13)14-5-6-25(22,23)10-14/h7,13-14H,3-6,9-10H2,1-2H3/t14-/m1/s1. The van der Waals surface area contributed by atoms with Crippen molar-refractivity contribution >= 4 is 27.5 Å². The average Bonchev–Trinajstić information content (AvgIpc) is 3.28. The summed E-state index contributed by atoms with van der Waals surface area (Å²) in [5.41, 5.74) is 2.17. The minimum absolute atomic E-state index is 0.0561. The highest BCUT2D eigenvalue weighted by atomic mass is 32.2. The van der Waals surface area contributed by atoms with Crippen LogP contribution in [0.3, 0.4) is 0 Å². The number of sulfone groups is 1. The number of hydrogen-bond acceptors (Lipinski definition) is 6. The fraction of sp³-hybridized carbons (Fsp3) is 0.588. The smallest absolute Gasteiger partial charge is 0.233 e. The summed E-state index contributed by atoms with van der Waals surface area (Å²) in [6.07, 6.45) is 2.41. The number of pyridine rings is 1. The summed E-state index contributed by atoms with van der Waals surface area (Å²) in [4.78, 5) is 18.9. The summed E-state index contributed by atoms with van der Waals surface area (Å²) in [7, 11) is -3.02. The predicted octanol–water partition coefficient (Wildman–Crippen LogP) is 1.84. The lowest BCUT2D eigenvalue weighted by atomic mass is 10.1. The number of aryl methyl sites for hydroxylation is 2. The lowest BCUT2D eigenvalue weighted by Gasteiger charge is -2.28. The van der Waals surface area contributed by atoms with Crippen molar-refractivity contribution in [2.45, 2.75) is 50.2 Å². The Bertz CT molecular complexity index is 841. The lowest BCUT2D eigenvalue weighted by Crippen LogP contribution is -2.43. The molecule has 1 amide bonds. The number of rotatable bonds is 5. The van der Waals surface area contributed by atoms with Crippen molar-refractivity contribution in [1.82, 2.24) is 9.88 Å². The van der Waals surface area contributed by atoms with Crippen molar-refractivity contribution in [3.63, 3.8) is 0 Å². The summed E-state index contributed by atoms with van der Waals surface area (Å²) in [5, 5.41) is 9.90. The van der Waals surface area contributed by atoms with E-state index in [0.29, 0.717) is 17.0 Å². The van der Waals surface area contributed by atoms with Gasteiger partial charge in [0.25, 0.3) is 0 Å². The van der Waals surface area contributed by atoms with Crippen LogP contribution in [0.5, 0.6) is 0 Å². The van der Waals surface area contributed by atoms with Crippen LogP contribution in [0.1, 0.15) is 36.1 Å². The number of nitriles is 1. The maximum absolute atomic E-state index is 12.8. The molecule has 2 fully saturated rings. The number of nitrogens with zero attached hydrogens (tertiary/aromatic N) is 3. The third kappa shape index (κ3) is 4.15. The zero-order valence-electron chi connectivity index (χ0n) is 14.4. The number of amides is 1. The van der Waals surface area contributed by atoms with Gasteiger partial charge >= 0.3 is 0 Å². The molecule has 0 unspecified atom stereocenters. The van der Waals surface area contributed by atoms with Crippen molar-refractivity contribution in [3.05, 3.63) is 22.9 Å². The van der Waals surface area contributed by atoms with Gasteiger partial charge in [-0.2, -0.15) is 5.26 Å². The molecular weight excluding hydrogens is 358 g/mol. The van der Waals surface area contributed by atoms with Gasteiger partial charge in [-0.15, -0.1) is 0 Å². The Morgan fingerprint density at radius 3 is 2.64 bits per heavy atom. The SMILES string of the molecule is Cc1cc(C)c(C#N)c(SCC(=O)N(C2CC2)[C@@H]2CCS(=O)(=O)C2)n1. The molecule has 0 bridgehead atoms. The Balaban J connectivity index is 1.72. The maximum Gasteiger partial charge on any atom is 0.233 e. The monoisotopic (exact) mass is 379 g/mol. The first kappa shape index (κ1) is 18.2. The topological polar surface area (TPSA) is 91.1 Å². The molecule has 1 aliphatic heterocycles. The molecule has 25 heavy (non-hydrogen) atoms. The molecule has 0 N–H and O–H groups in total. The molecule has 0 spiro atoms. The number of thioether (sulfide) groups is 1. The van der Waals surface area contributed by atoms with Gasteiger partial charge in [-0.05, 0) is 44.7 Å².